The van der Waals surface area contributed by atoms with Crippen LogP contribution in [-0.2, 0) is 0 Å². The summed E-state index contributed by atoms with van der Waals surface area (Å²) >= 11 is 0. The maximum absolute atomic E-state index is 12.2. The van der Waals surface area contributed by atoms with Crippen LogP contribution in [-0.4, -0.2) is 12.3 Å². The number of hydrogen-bond acceptors (Lipinski definition) is 3. The molecule has 0 fully saturated rings. The molecule has 1 amide bonds. The average molecular weight is 306 g/mol. The Bertz CT molecular complexity index is 736. The van der Waals surface area contributed by atoms with Crippen LogP contribution in [0.4, 0.5) is 18.9 Å². The molecular formula is C15H9F3N2O2. The Morgan fingerprint density at radius 2 is 1.86 bits per heavy atom. The maximum Gasteiger partial charge on any atom is 0.573 e. The number of amides is 1. The second-order valence-electron chi connectivity index (χ2n) is 4.19. The molecule has 0 aromatic heterocycles. The van der Waals surface area contributed by atoms with E-state index in [-0.39, 0.29) is 16.8 Å². The number of carbonyl (C=O) groups is 1. The van der Waals surface area contributed by atoms with E-state index < -0.39 is 18.0 Å². The van der Waals surface area contributed by atoms with Crippen molar-refractivity contribution in [1.82, 2.24) is 0 Å². The highest BCUT2D eigenvalue weighted by molar-refractivity contribution is 6.05. The van der Waals surface area contributed by atoms with E-state index in [0.717, 1.165) is 12.1 Å². The van der Waals surface area contributed by atoms with Crippen molar-refractivity contribution < 1.29 is 22.7 Å². The molecule has 0 heterocycles. The summed E-state index contributed by atoms with van der Waals surface area (Å²) in [5.74, 6) is -1.14. The quantitative estimate of drug-likeness (QED) is 0.940. The molecule has 1 N–H and O–H groups in total. The van der Waals surface area contributed by atoms with Crippen LogP contribution in [0.25, 0.3) is 0 Å². The SMILES string of the molecule is N#Cc1ccccc1NC(=O)c1cccc(OC(F)(F)F)c1. The molecule has 0 unspecified atom stereocenters. The second kappa shape index (κ2) is 6.18. The highest BCUT2D eigenvalue weighted by Gasteiger charge is 2.31. The molecule has 0 aliphatic carbocycles. The molecule has 4 nitrogen and oxygen atoms in total. The summed E-state index contributed by atoms with van der Waals surface area (Å²) in [5, 5.41) is 11.4. The van der Waals surface area contributed by atoms with Gasteiger partial charge in [0, 0.05) is 5.56 Å². The van der Waals surface area contributed by atoms with Gasteiger partial charge in [-0.3, -0.25) is 4.79 Å². The third kappa shape index (κ3) is 3.99. The van der Waals surface area contributed by atoms with Gasteiger partial charge in [0.25, 0.3) is 5.91 Å². The molecule has 0 atom stereocenters. The largest absolute Gasteiger partial charge is 0.573 e. The zero-order valence-electron chi connectivity index (χ0n) is 11.0. The van der Waals surface area contributed by atoms with Gasteiger partial charge in [0.15, 0.2) is 0 Å². The lowest BCUT2D eigenvalue weighted by molar-refractivity contribution is -0.274. The third-order valence-electron chi connectivity index (χ3n) is 2.63. The van der Waals surface area contributed by atoms with Crippen molar-refractivity contribution >= 4 is 11.6 Å². The zero-order valence-corrected chi connectivity index (χ0v) is 11.0. The third-order valence-corrected chi connectivity index (χ3v) is 2.63. The van der Waals surface area contributed by atoms with Gasteiger partial charge in [0.2, 0.25) is 0 Å². The topological polar surface area (TPSA) is 62.1 Å². The van der Waals surface area contributed by atoms with Crippen molar-refractivity contribution in [2.45, 2.75) is 6.36 Å². The normalized spacial score (nSPS) is 10.6. The van der Waals surface area contributed by atoms with Crippen LogP contribution in [0.1, 0.15) is 15.9 Å². The molecule has 112 valence electrons. The molecule has 0 aliphatic rings. The van der Waals surface area contributed by atoms with E-state index in [9.17, 15) is 18.0 Å². The molecule has 22 heavy (non-hydrogen) atoms. The number of anilines is 1. The highest BCUT2D eigenvalue weighted by Crippen LogP contribution is 2.24. The number of para-hydroxylation sites is 1. The van der Waals surface area contributed by atoms with E-state index in [1.54, 1.807) is 12.1 Å². The second-order valence-corrected chi connectivity index (χ2v) is 4.19. The smallest absolute Gasteiger partial charge is 0.406 e. The van der Waals surface area contributed by atoms with Crippen LogP contribution in [0, 0.1) is 11.3 Å². The Morgan fingerprint density at radius 3 is 2.55 bits per heavy atom. The van der Waals surface area contributed by atoms with Crippen LogP contribution in [0.3, 0.4) is 0 Å². The maximum atomic E-state index is 12.2. The fourth-order valence-corrected chi connectivity index (χ4v) is 1.72. The van der Waals surface area contributed by atoms with Gasteiger partial charge in [-0.25, -0.2) is 0 Å². The Labute approximate surface area is 123 Å². The van der Waals surface area contributed by atoms with Crippen LogP contribution in [0.15, 0.2) is 48.5 Å². The first-order valence-electron chi connectivity index (χ1n) is 6.05. The van der Waals surface area contributed by atoms with Gasteiger partial charge < -0.3 is 10.1 Å². The van der Waals surface area contributed by atoms with Gasteiger partial charge in [-0.05, 0) is 30.3 Å². The number of nitrogens with zero attached hydrogens (tertiary/aromatic N) is 1. The molecular weight excluding hydrogens is 297 g/mol. The molecule has 0 aliphatic heterocycles. The van der Waals surface area contributed by atoms with Crippen molar-refractivity contribution in [3.8, 4) is 11.8 Å². The fraction of sp³-hybridized carbons (Fsp3) is 0.0667. The van der Waals surface area contributed by atoms with Gasteiger partial charge in [-0.15, -0.1) is 13.2 Å². The summed E-state index contributed by atoms with van der Waals surface area (Å²) in [6.45, 7) is 0. The number of halogens is 3. The summed E-state index contributed by atoms with van der Waals surface area (Å²) < 4.78 is 40.2. The van der Waals surface area contributed by atoms with Crippen molar-refractivity contribution in [2.75, 3.05) is 5.32 Å². The molecule has 2 aromatic rings. The predicted octanol–water partition coefficient (Wildman–Crippen LogP) is 3.71. The predicted molar refractivity (Wildman–Crippen MR) is 72.2 cm³/mol. The molecule has 0 spiro atoms. The lowest BCUT2D eigenvalue weighted by Crippen LogP contribution is -2.18. The molecule has 0 saturated heterocycles. The minimum Gasteiger partial charge on any atom is -0.406 e. The van der Waals surface area contributed by atoms with Crippen molar-refractivity contribution in [3.05, 3.63) is 59.7 Å². The van der Waals surface area contributed by atoms with Crippen molar-refractivity contribution in [2.24, 2.45) is 0 Å². The molecule has 2 aromatic carbocycles. The van der Waals surface area contributed by atoms with Gasteiger partial charge in [0.1, 0.15) is 11.8 Å². The zero-order chi connectivity index (χ0) is 16.2. The van der Waals surface area contributed by atoms with Crippen LogP contribution in [0.2, 0.25) is 0 Å². The molecule has 7 heteroatoms. The minimum atomic E-state index is -4.83. The van der Waals surface area contributed by atoms with Gasteiger partial charge in [-0.2, -0.15) is 5.26 Å². The summed E-state index contributed by atoms with van der Waals surface area (Å²) in [4.78, 5) is 12.0. The van der Waals surface area contributed by atoms with E-state index in [0.29, 0.717) is 0 Å². The Balaban J connectivity index is 2.20. The lowest BCUT2D eigenvalue weighted by Gasteiger charge is -2.10. The first-order valence-corrected chi connectivity index (χ1v) is 6.05. The number of nitriles is 1. The molecule has 0 radical (unpaired) electrons. The summed E-state index contributed by atoms with van der Waals surface area (Å²) in [5.41, 5.74) is 0.505. The number of nitrogens with one attached hydrogen (secondary N) is 1. The van der Waals surface area contributed by atoms with E-state index in [4.69, 9.17) is 5.26 Å². The van der Waals surface area contributed by atoms with Crippen molar-refractivity contribution in [3.63, 3.8) is 0 Å². The lowest BCUT2D eigenvalue weighted by atomic mass is 10.1. The summed E-state index contributed by atoms with van der Waals surface area (Å²) in [7, 11) is 0. The number of alkyl halides is 3. The van der Waals surface area contributed by atoms with Crippen molar-refractivity contribution in [1.29, 1.82) is 5.26 Å². The number of carbonyl (C=O) groups excluding carboxylic acids is 1. The van der Waals surface area contributed by atoms with Gasteiger partial charge in [0.05, 0.1) is 11.3 Å². The van der Waals surface area contributed by atoms with Crippen LogP contribution >= 0.6 is 0 Å². The summed E-state index contributed by atoms with van der Waals surface area (Å²) in [6.07, 6.45) is -4.83. The number of hydrogen-bond donors (Lipinski definition) is 1. The Morgan fingerprint density at radius 1 is 1.14 bits per heavy atom. The van der Waals surface area contributed by atoms with Crippen LogP contribution in [0.5, 0.6) is 5.75 Å². The molecule has 0 saturated carbocycles. The van der Waals surface area contributed by atoms with Crippen LogP contribution < -0.4 is 10.1 Å². The minimum absolute atomic E-state index is 0.0190. The number of rotatable bonds is 3. The van der Waals surface area contributed by atoms with E-state index >= 15 is 0 Å². The first kappa shape index (κ1) is 15.4. The summed E-state index contributed by atoms with van der Waals surface area (Å²) in [6, 6.07) is 12.9. The Hall–Kier alpha value is -3.01. The first-order chi connectivity index (χ1) is 10.4. The van der Waals surface area contributed by atoms with E-state index in [2.05, 4.69) is 10.1 Å². The van der Waals surface area contributed by atoms with E-state index in [1.165, 1.54) is 24.3 Å². The fourth-order valence-electron chi connectivity index (χ4n) is 1.72. The van der Waals surface area contributed by atoms with E-state index in [1.807, 2.05) is 6.07 Å². The van der Waals surface area contributed by atoms with Gasteiger partial charge in [-0.1, -0.05) is 18.2 Å². The monoisotopic (exact) mass is 306 g/mol. The molecule has 0 bridgehead atoms. The highest BCUT2D eigenvalue weighted by atomic mass is 19.4. The average Bonchev–Trinajstić information content (AvgIpc) is 2.46. The number of benzene rings is 2. The number of ether oxygens (including phenoxy) is 1. The Kier molecular flexibility index (Phi) is 4.32. The standard InChI is InChI=1S/C15H9F3N2O2/c16-15(17,18)22-12-6-3-5-10(8-12)14(21)20-13-7-2-1-4-11(13)9-19/h1-8H,(H,20,21). The molecule has 2 rings (SSSR count). The van der Waals surface area contributed by atoms with Gasteiger partial charge >= 0.3 is 6.36 Å².